The fraction of sp³-hybridized carbons (Fsp3) is 0.385. The van der Waals surface area contributed by atoms with E-state index in [0.29, 0.717) is 23.5 Å². The van der Waals surface area contributed by atoms with Gasteiger partial charge in [-0.15, -0.1) is 6.58 Å². The molecule has 0 aliphatic heterocycles. The monoisotopic (exact) mass is 390 g/mol. The molecule has 130 valence electrons. The summed E-state index contributed by atoms with van der Waals surface area (Å²) in [7, 11) is 3.72. The maximum atomic E-state index is 11.3. The smallest absolute Gasteiger partial charge is 0.277 e. The number of nitrogens with zero attached hydrogens (tertiary/aromatic N) is 6. The van der Waals surface area contributed by atoms with Crippen molar-refractivity contribution < 1.29 is 9.30 Å². The summed E-state index contributed by atoms with van der Waals surface area (Å²) in [4.78, 5) is 18.7. The zero-order chi connectivity index (χ0) is 17.7. The predicted octanol–water partition coefficient (Wildman–Crippen LogP) is 3.25. The van der Waals surface area contributed by atoms with Gasteiger partial charge >= 0.3 is 0 Å². The number of ether oxygens (including phenoxy) is 1. The summed E-state index contributed by atoms with van der Waals surface area (Å²) < 4.78 is 18.5. The largest absolute Gasteiger partial charge is 0.369 e. The van der Waals surface area contributed by atoms with Crippen molar-refractivity contribution in [2.45, 2.75) is 12.6 Å². The standard InChI is InChI=1S/C13H17Cl2N6O2P/c1-4-10(23-9-24(14,15)22)5-21-8-18-11-12(19-7-20(2)3)16-6-17-13(11)21/h4,6-8,10H,1,5,9H2,2-3H3/t10-/m1/s1. The van der Waals surface area contributed by atoms with Gasteiger partial charge < -0.3 is 14.2 Å². The number of hydrogen-bond acceptors (Lipinski definition) is 6. The number of aromatic nitrogens is 4. The third kappa shape index (κ3) is 5.27. The Morgan fingerprint density at radius 3 is 2.83 bits per heavy atom. The summed E-state index contributed by atoms with van der Waals surface area (Å²) in [6.07, 6.45) is 5.52. The zero-order valence-electron chi connectivity index (χ0n) is 13.2. The van der Waals surface area contributed by atoms with E-state index in [1.165, 1.54) is 6.33 Å². The molecule has 2 aromatic rings. The zero-order valence-corrected chi connectivity index (χ0v) is 15.6. The van der Waals surface area contributed by atoms with Crippen molar-refractivity contribution in [1.29, 1.82) is 0 Å². The van der Waals surface area contributed by atoms with Gasteiger partial charge in [0.15, 0.2) is 17.0 Å². The van der Waals surface area contributed by atoms with Gasteiger partial charge in [0.05, 0.1) is 25.3 Å². The predicted molar refractivity (Wildman–Crippen MR) is 96.4 cm³/mol. The van der Waals surface area contributed by atoms with Crippen LogP contribution in [0.3, 0.4) is 0 Å². The summed E-state index contributed by atoms with van der Waals surface area (Å²) in [6, 6.07) is 0. The third-order valence-electron chi connectivity index (χ3n) is 2.87. The van der Waals surface area contributed by atoms with Crippen LogP contribution in [0.1, 0.15) is 0 Å². The Bertz CT molecular complexity index is 788. The maximum absolute atomic E-state index is 11.3. The molecule has 11 heteroatoms. The lowest BCUT2D eigenvalue weighted by molar-refractivity contribution is 0.110. The van der Waals surface area contributed by atoms with E-state index in [1.807, 2.05) is 14.1 Å². The molecule has 2 heterocycles. The van der Waals surface area contributed by atoms with Crippen molar-refractivity contribution in [2.24, 2.45) is 4.99 Å². The van der Waals surface area contributed by atoms with E-state index in [9.17, 15) is 4.57 Å². The molecule has 0 radical (unpaired) electrons. The molecule has 0 fully saturated rings. The van der Waals surface area contributed by atoms with Crippen molar-refractivity contribution >= 4 is 51.6 Å². The second-order valence-corrected chi connectivity index (χ2v) is 10.3. The molecule has 1 atom stereocenters. The Morgan fingerprint density at radius 1 is 1.46 bits per heavy atom. The van der Waals surface area contributed by atoms with Gasteiger partial charge in [0.2, 0.25) is 0 Å². The van der Waals surface area contributed by atoms with Crippen LogP contribution in [0.5, 0.6) is 0 Å². The van der Waals surface area contributed by atoms with Crippen LogP contribution in [0, 0.1) is 0 Å². The Labute approximate surface area is 149 Å². The lowest BCUT2D eigenvalue weighted by atomic mass is 10.3. The van der Waals surface area contributed by atoms with Crippen LogP contribution in [0.4, 0.5) is 5.82 Å². The molecule has 0 aliphatic rings. The molecule has 2 rings (SSSR count). The van der Waals surface area contributed by atoms with E-state index in [0.717, 1.165) is 0 Å². The molecule has 0 aliphatic carbocycles. The molecule has 0 amide bonds. The maximum Gasteiger partial charge on any atom is 0.277 e. The molecule has 2 aromatic heterocycles. The lowest BCUT2D eigenvalue weighted by Crippen LogP contribution is -2.17. The Morgan fingerprint density at radius 2 is 2.21 bits per heavy atom. The van der Waals surface area contributed by atoms with Crippen LogP contribution in [-0.4, -0.2) is 57.3 Å². The molecular weight excluding hydrogens is 374 g/mol. The minimum Gasteiger partial charge on any atom is -0.369 e. The molecule has 24 heavy (non-hydrogen) atoms. The van der Waals surface area contributed by atoms with Crippen molar-refractivity contribution in [3.63, 3.8) is 0 Å². The van der Waals surface area contributed by atoms with Crippen LogP contribution in [-0.2, 0) is 15.8 Å². The highest BCUT2D eigenvalue weighted by Crippen LogP contribution is 2.56. The Balaban J connectivity index is 2.22. The summed E-state index contributed by atoms with van der Waals surface area (Å²) in [6.45, 7) is 4.06. The van der Waals surface area contributed by atoms with Crippen LogP contribution < -0.4 is 0 Å². The SMILES string of the molecule is C=C[C@H](Cn1cnc2c(N=CN(C)C)ncnc21)OCP(=O)(Cl)Cl. The Hall–Kier alpha value is -1.47. The number of imidazole rings is 1. The van der Waals surface area contributed by atoms with Gasteiger partial charge in [-0.3, -0.25) is 4.57 Å². The highest BCUT2D eigenvalue weighted by molar-refractivity contribution is 8.08. The van der Waals surface area contributed by atoms with Crippen molar-refractivity contribution in [2.75, 3.05) is 20.4 Å². The van der Waals surface area contributed by atoms with Crippen LogP contribution in [0.25, 0.3) is 11.2 Å². The number of halogens is 2. The fourth-order valence-electron chi connectivity index (χ4n) is 1.84. The highest BCUT2D eigenvalue weighted by Gasteiger charge is 2.18. The molecule has 0 N–H and O–H groups in total. The first kappa shape index (κ1) is 18.9. The molecule has 8 nitrogen and oxygen atoms in total. The van der Waals surface area contributed by atoms with Crippen LogP contribution in [0.2, 0.25) is 0 Å². The molecular formula is C13H17Cl2N6O2P. The first-order valence-electron chi connectivity index (χ1n) is 6.89. The fourth-order valence-corrected chi connectivity index (χ4v) is 2.54. The molecule has 0 bridgehead atoms. The van der Waals surface area contributed by atoms with Crippen molar-refractivity contribution in [3.05, 3.63) is 25.3 Å². The lowest BCUT2D eigenvalue weighted by Gasteiger charge is -2.15. The molecule has 0 unspecified atom stereocenters. The number of aliphatic imine (C=N–C) groups is 1. The average Bonchev–Trinajstić information content (AvgIpc) is 2.92. The number of fused-ring (bicyclic) bond motifs is 1. The van der Waals surface area contributed by atoms with Crippen molar-refractivity contribution in [1.82, 2.24) is 24.4 Å². The van der Waals surface area contributed by atoms with E-state index < -0.39 is 12.0 Å². The first-order chi connectivity index (χ1) is 11.3. The van der Waals surface area contributed by atoms with Gasteiger partial charge in [0.1, 0.15) is 12.7 Å². The van der Waals surface area contributed by atoms with E-state index >= 15 is 0 Å². The number of hydrogen-bond donors (Lipinski definition) is 0. The minimum atomic E-state index is -3.30. The second kappa shape index (κ2) is 8.07. The van der Waals surface area contributed by atoms with Crippen molar-refractivity contribution in [3.8, 4) is 0 Å². The van der Waals surface area contributed by atoms with Gasteiger partial charge in [-0.1, -0.05) is 6.08 Å². The molecule has 0 saturated carbocycles. The van der Waals surface area contributed by atoms with Crippen LogP contribution >= 0.6 is 28.3 Å². The molecule has 0 saturated heterocycles. The van der Waals surface area contributed by atoms with Gasteiger partial charge in [0, 0.05) is 14.1 Å². The minimum absolute atomic E-state index is 0.257. The van der Waals surface area contributed by atoms with Crippen LogP contribution in [0.15, 0.2) is 30.3 Å². The quantitative estimate of drug-likeness (QED) is 0.297. The Kier molecular flexibility index (Phi) is 6.34. The summed E-state index contributed by atoms with van der Waals surface area (Å²) in [5.74, 6) is -2.83. The first-order valence-corrected chi connectivity index (χ1v) is 10.6. The van der Waals surface area contributed by atoms with Gasteiger partial charge in [-0.2, -0.15) is 0 Å². The van der Waals surface area contributed by atoms with E-state index in [2.05, 4.69) is 26.5 Å². The van der Waals surface area contributed by atoms with E-state index in [4.69, 9.17) is 27.2 Å². The topological polar surface area (TPSA) is 85.5 Å². The molecule has 0 spiro atoms. The van der Waals surface area contributed by atoms with Gasteiger partial charge in [-0.05, 0) is 22.5 Å². The van der Waals surface area contributed by atoms with E-state index in [-0.39, 0.29) is 6.35 Å². The van der Waals surface area contributed by atoms with Gasteiger partial charge in [-0.25, -0.2) is 19.9 Å². The second-order valence-electron chi connectivity index (χ2n) is 5.11. The average molecular weight is 391 g/mol. The van der Waals surface area contributed by atoms with E-state index in [1.54, 1.807) is 28.2 Å². The molecule has 0 aromatic carbocycles. The summed E-state index contributed by atoms with van der Waals surface area (Å²) in [5.41, 5.74) is 1.17. The normalized spacial score (nSPS) is 13.5. The third-order valence-corrected chi connectivity index (χ3v) is 3.91. The summed E-state index contributed by atoms with van der Waals surface area (Å²) in [5, 5.41) is 0. The number of rotatable bonds is 8. The summed E-state index contributed by atoms with van der Waals surface area (Å²) >= 11 is 11.0. The highest BCUT2D eigenvalue weighted by atomic mass is 35.9. The van der Waals surface area contributed by atoms with Gasteiger partial charge in [0.25, 0.3) is 5.85 Å².